The number of aliphatic hydroxyl groups excluding tert-OH is 1. The summed E-state index contributed by atoms with van der Waals surface area (Å²) in [5.41, 5.74) is 0.361. The van der Waals surface area contributed by atoms with E-state index in [-0.39, 0.29) is 6.42 Å². The molecule has 166 valence electrons. The van der Waals surface area contributed by atoms with E-state index < -0.39 is 41.8 Å². The van der Waals surface area contributed by atoms with E-state index in [1.54, 1.807) is 75.4 Å². The first-order valence-corrected chi connectivity index (χ1v) is 9.86. The SMILES string of the molecule is CC(C)(C)OC(=O)N[C@H](Cc1ccccc1)[C@H](O)C(=O)N[C@H](C(=O)O)c1ccccc1. The number of rotatable bonds is 8. The Labute approximate surface area is 181 Å². The van der Waals surface area contributed by atoms with Crippen LogP contribution in [0.2, 0.25) is 0 Å². The van der Waals surface area contributed by atoms with Gasteiger partial charge in [-0.3, -0.25) is 4.79 Å². The van der Waals surface area contributed by atoms with Gasteiger partial charge in [-0.05, 0) is 38.3 Å². The number of ether oxygens (including phenoxy) is 1. The Morgan fingerprint density at radius 3 is 2.00 bits per heavy atom. The molecule has 31 heavy (non-hydrogen) atoms. The number of hydrogen-bond acceptors (Lipinski definition) is 5. The van der Waals surface area contributed by atoms with Crippen LogP contribution >= 0.6 is 0 Å². The van der Waals surface area contributed by atoms with Gasteiger partial charge in [0.05, 0.1) is 6.04 Å². The van der Waals surface area contributed by atoms with E-state index in [2.05, 4.69) is 10.6 Å². The fourth-order valence-corrected chi connectivity index (χ4v) is 2.91. The second-order valence-electron chi connectivity index (χ2n) is 8.08. The Hall–Kier alpha value is -3.39. The third-order valence-electron chi connectivity index (χ3n) is 4.32. The molecule has 0 fully saturated rings. The number of nitrogens with one attached hydrogen (secondary N) is 2. The third kappa shape index (κ3) is 7.75. The highest BCUT2D eigenvalue weighted by Crippen LogP contribution is 2.15. The van der Waals surface area contributed by atoms with E-state index in [1.807, 2.05) is 6.07 Å². The maximum Gasteiger partial charge on any atom is 0.407 e. The molecule has 8 heteroatoms. The van der Waals surface area contributed by atoms with Crippen LogP contribution in [0.5, 0.6) is 0 Å². The lowest BCUT2D eigenvalue weighted by atomic mass is 10.00. The molecule has 0 saturated heterocycles. The Kier molecular flexibility index (Phi) is 8.15. The largest absolute Gasteiger partial charge is 0.479 e. The van der Waals surface area contributed by atoms with Crippen LogP contribution in [0, 0.1) is 0 Å². The molecule has 0 radical (unpaired) electrons. The number of carboxylic acid groups (broad SMARTS) is 1. The van der Waals surface area contributed by atoms with Crippen LogP contribution in [-0.2, 0) is 20.7 Å². The summed E-state index contributed by atoms with van der Waals surface area (Å²) in [6.07, 6.45) is -2.37. The molecule has 0 saturated carbocycles. The topological polar surface area (TPSA) is 125 Å². The van der Waals surface area contributed by atoms with Crippen molar-refractivity contribution in [3.8, 4) is 0 Å². The molecule has 0 aromatic heterocycles. The smallest absolute Gasteiger partial charge is 0.407 e. The molecule has 0 heterocycles. The van der Waals surface area contributed by atoms with Crippen molar-refractivity contribution in [2.45, 2.75) is 51.0 Å². The van der Waals surface area contributed by atoms with Crippen molar-refractivity contribution in [1.29, 1.82) is 0 Å². The summed E-state index contributed by atoms with van der Waals surface area (Å²) >= 11 is 0. The summed E-state index contributed by atoms with van der Waals surface area (Å²) in [6.45, 7) is 5.08. The lowest BCUT2D eigenvalue weighted by Crippen LogP contribution is -2.53. The highest BCUT2D eigenvalue weighted by molar-refractivity contribution is 5.87. The summed E-state index contributed by atoms with van der Waals surface area (Å²) in [7, 11) is 0. The van der Waals surface area contributed by atoms with Crippen LogP contribution in [-0.4, -0.2) is 45.9 Å². The third-order valence-corrected chi connectivity index (χ3v) is 4.32. The normalized spacial score (nSPS) is 14.1. The molecule has 0 unspecified atom stereocenters. The summed E-state index contributed by atoms with van der Waals surface area (Å²) in [4.78, 5) is 36.6. The van der Waals surface area contributed by atoms with Crippen molar-refractivity contribution in [3.63, 3.8) is 0 Å². The fourth-order valence-electron chi connectivity index (χ4n) is 2.91. The number of benzene rings is 2. The monoisotopic (exact) mass is 428 g/mol. The lowest BCUT2D eigenvalue weighted by molar-refractivity contribution is -0.144. The molecule has 4 N–H and O–H groups in total. The number of carbonyl (C=O) groups is 3. The molecule has 2 aromatic carbocycles. The molecular weight excluding hydrogens is 400 g/mol. The molecule has 2 aromatic rings. The predicted octanol–water partition coefficient (Wildman–Crippen LogP) is 2.43. The maximum absolute atomic E-state index is 12.7. The minimum Gasteiger partial charge on any atom is -0.479 e. The minimum absolute atomic E-state index is 0.137. The van der Waals surface area contributed by atoms with Gasteiger partial charge < -0.3 is 25.6 Å². The molecule has 0 aliphatic rings. The maximum atomic E-state index is 12.7. The van der Waals surface area contributed by atoms with E-state index in [9.17, 15) is 24.6 Å². The molecule has 0 aliphatic heterocycles. The van der Waals surface area contributed by atoms with E-state index in [0.29, 0.717) is 5.56 Å². The van der Waals surface area contributed by atoms with Gasteiger partial charge in [0.1, 0.15) is 5.60 Å². The van der Waals surface area contributed by atoms with Gasteiger partial charge in [0.2, 0.25) is 0 Å². The van der Waals surface area contributed by atoms with Crippen molar-refractivity contribution >= 4 is 18.0 Å². The van der Waals surface area contributed by atoms with Crippen LogP contribution in [0.1, 0.15) is 37.9 Å². The van der Waals surface area contributed by atoms with Crippen LogP contribution in [0.15, 0.2) is 60.7 Å². The average molecular weight is 428 g/mol. The second kappa shape index (κ2) is 10.6. The predicted molar refractivity (Wildman–Crippen MR) is 114 cm³/mol. The molecule has 0 bridgehead atoms. The van der Waals surface area contributed by atoms with E-state index in [0.717, 1.165) is 5.56 Å². The quantitative estimate of drug-likeness (QED) is 0.512. The number of alkyl carbamates (subject to hydrolysis) is 1. The fraction of sp³-hybridized carbons (Fsp3) is 0.348. The number of carboxylic acids is 1. The summed E-state index contributed by atoms with van der Waals surface area (Å²) in [5.74, 6) is -2.19. The van der Waals surface area contributed by atoms with Gasteiger partial charge in [-0.2, -0.15) is 0 Å². The van der Waals surface area contributed by atoms with E-state index >= 15 is 0 Å². The van der Waals surface area contributed by atoms with Crippen LogP contribution in [0.25, 0.3) is 0 Å². The number of aliphatic carboxylic acids is 1. The van der Waals surface area contributed by atoms with Gasteiger partial charge in [0.25, 0.3) is 5.91 Å². The molecule has 2 rings (SSSR count). The molecule has 0 spiro atoms. The van der Waals surface area contributed by atoms with Gasteiger partial charge in [-0.1, -0.05) is 60.7 Å². The lowest BCUT2D eigenvalue weighted by Gasteiger charge is -2.27. The second-order valence-corrected chi connectivity index (χ2v) is 8.08. The summed E-state index contributed by atoms with van der Waals surface area (Å²) in [6, 6.07) is 14.7. The first-order chi connectivity index (χ1) is 14.6. The van der Waals surface area contributed by atoms with Crippen molar-refractivity contribution in [2.24, 2.45) is 0 Å². The van der Waals surface area contributed by atoms with Crippen molar-refractivity contribution < 1.29 is 29.3 Å². The molecule has 2 amide bonds. The van der Waals surface area contributed by atoms with Crippen LogP contribution in [0.4, 0.5) is 4.79 Å². The van der Waals surface area contributed by atoms with Gasteiger partial charge in [0.15, 0.2) is 12.1 Å². The first kappa shape index (κ1) is 23.9. The highest BCUT2D eigenvalue weighted by atomic mass is 16.6. The van der Waals surface area contributed by atoms with Crippen molar-refractivity contribution in [2.75, 3.05) is 0 Å². The minimum atomic E-state index is -1.71. The van der Waals surface area contributed by atoms with Crippen molar-refractivity contribution in [1.82, 2.24) is 10.6 Å². The zero-order valence-corrected chi connectivity index (χ0v) is 17.7. The number of carbonyl (C=O) groups excluding carboxylic acids is 2. The van der Waals surface area contributed by atoms with Gasteiger partial charge in [-0.25, -0.2) is 9.59 Å². The molecular formula is C23H28N2O6. The molecule has 8 nitrogen and oxygen atoms in total. The Balaban J connectivity index is 2.19. The Morgan fingerprint density at radius 1 is 0.935 bits per heavy atom. The average Bonchev–Trinajstić information content (AvgIpc) is 2.70. The van der Waals surface area contributed by atoms with Crippen LogP contribution < -0.4 is 10.6 Å². The zero-order valence-electron chi connectivity index (χ0n) is 17.7. The van der Waals surface area contributed by atoms with E-state index in [1.165, 1.54) is 0 Å². The van der Waals surface area contributed by atoms with Gasteiger partial charge in [-0.15, -0.1) is 0 Å². The standard InChI is InChI=1S/C23H28N2O6/c1-23(2,3)31-22(30)24-17(14-15-10-6-4-7-11-15)19(26)20(27)25-18(21(28)29)16-12-8-5-9-13-16/h4-13,17-19,26H,14H2,1-3H3,(H,24,30)(H,25,27)(H,28,29)/t17-,18+,19+/m1/s1. The molecule has 3 atom stereocenters. The summed E-state index contributed by atoms with van der Waals surface area (Å²) < 4.78 is 5.24. The first-order valence-electron chi connectivity index (χ1n) is 9.86. The van der Waals surface area contributed by atoms with Gasteiger partial charge >= 0.3 is 12.1 Å². The van der Waals surface area contributed by atoms with Crippen molar-refractivity contribution in [3.05, 3.63) is 71.8 Å². The van der Waals surface area contributed by atoms with Crippen LogP contribution in [0.3, 0.4) is 0 Å². The highest BCUT2D eigenvalue weighted by Gasteiger charge is 2.32. The van der Waals surface area contributed by atoms with E-state index in [4.69, 9.17) is 4.74 Å². The number of hydrogen-bond donors (Lipinski definition) is 4. The molecule has 0 aliphatic carbocycles. The Bertz CT molecular complexity index is 880. The summed E-state index contributed by atoms with van der Waals surface area (Å²) in [5, 5.41) is 25.1. The number of aliphatic hydroxyl groups is 1. The number of amides is 2. The Morgan fingerprint density at radius 2 is 1.48 bits per heavy atom. The van der Waals surface area contributed by atoms with Gasteiger partial charge in [0, 0.05) is 0 Å². The zero-order chi connectivity index (χ0) is 23.0.